The van der Waals surface area contributed by atoms with Crippen LogP contribution in [-0.4, -0.2) is 17.7 Å². The van der Waals surface area contributed by atoms with Crippen LogP contribution in [0.15, 0.2) is 47.5 Å². The molecule has 0 amide bonds. The Kier molecular flexibility index (Phi) is 3.81. The molecule has 3 rings (SSSR count). The van der Waals surface area contributed by atoms with E-state index in [0.717, 1.165) is 16.7 Å². The van der Waals surface area contributed by atoms with E-state index in [-0.39, 0.29) is 12.2 Å². The number of hydrogen-bond acceptors (Lipinski definition) is 3. The molecule has 2 aromatic rings. The second-order valence-corrected chi connectivity index (χ2v) is 5.68. The molecule has 106 valence electrons. The number of hydrogen-bond donors (Lipinski definition) is 1. The minimum atomic E-state index is -0.876. The van der Waals surface area contributed by atoms with Gasteiger partial charge in [0.25, 0.3) is 0 Å². The fourth-order valence-electron chi connectivity index (χ4n) is 2.36. The number of fused-ring (bicyclic) bond motifs is 1. The molecular formula is C16H12Cl2N2O. The van der Waals surface area contributed by atoms with Crippen molar-refractivity contribution in [2.75, 3.05) is 0 Å². The summed E-state index contributed by atoms with van der Waals surface area (Å²) in [7, 11) is 0. The van der Waals surface area contributed by atoms with Gasteiger partial charge in [0.15, 0.2) is 11.9 Å². The first-order valence-corrected chi connectivity index (χ1v) is 7.21. The summed E-state index contributed by atoms with van der Waals surface area (Å²) >= 11 is 12.2. The van der Waals surface area contributed by atoms with Crippen molar-refractivity contribution in [1.29, 1.82) is 0 Å². The summed E-state index contributed by atoms with van der Waals surface area (Å²) < 4.78 is 0. The average Bonchev–Trinajstić information content (AvgIpc) is 2.59. The van der Waals surface area contributed by atoms with Crippen LogP contribution in [0, 0.1) is 0 Å². The highest BCUT2D eigenvalue weighted by molar-refractivity contribution is 6.33. The van der Waals surface area contributed by atoms with Crippen molar-refractivity contribution in [2.45, 2.75) is 12.6 Å². The molecule has 1 unspecified atom stereocenters. The third-order valence-electron chi connectivity index (χ3n) is 3.44. The zero-order chi connectivity index (χ0) is 15.0. The molecule has 5 heteroatoms. The SMILES string of the molecule is NC1N=C(c2ccc(Cl)cc2)c2cccc(Cl)c2CC1=O. The Morgan fingerprint density at radius 2 is 1.81 bits per heavy atom. The lowest BCUT2D eigenvalue weighted by Crippen LogP contribution is -2.29. The van der Waals surface area contributed by atoms with Crippen molar-refractivity contribution in [3.63, 3.8) is 0 Å². The second-order valence-electron chi connectivity index (χ2n) is 4.84. The number of benzene rings is 2. The van der Waals surface area contributed by atoms with Crippen LogP contribution in [-0.2, 0) is 11.2 Å². The van der Waals surface area contributed by atoms with Crippen molar-refractivity contribution < 1.29 is 4.79 Å². The smallest absolute Gasteiger partial charge is 0.176 e. The van der Waals surface area contributed by atoms with E-state index in [9.17, 15) is 4.79 Å². The molecule has 2 N–H and O–H groups in total. The standard InChI is InChI=1S/C16H12Cl2N2O/c17-10-6-4-9(5-7-10)15-11-2-1-3-13(18)12(11)8-14(21)16(19)20-15/h1-7,16H,8,19H2. The molecule has 0 saturated heterocycles. The molecule has 1 atom stereocenters. The van der Waals surface area contributed by atoms with Gasteiger partial charge in [-0.15, -0.1) is 0 Å². The lowest BCUT2D eigenvalue weighted by Gasteiger charge is -2.11. The van der Waals surface area contributed by atoms with Crippen molar-refractivity contribution >= 4 is 34.7 Å². The molecule has 1 aliphatic heterocycles. The molecule has 1 aliphatic rings. The maximum Gasteiger partial charge on any atom is 0.176 e. The molecule has 0 spiro atoms. The topological polar surface area (TPSA) is 55.4 Å². The van der Waals surface area contributed by atoms with E-state index in [1.165, 1.54) is 0 Å². The van der Waals surface area contributed by atoms with Gasteiger partial charge in [-0.05, 0) is 23.8 Å². The number of rotatable bonds is 1. The number of halogens is 2. The molecule has 0 aromatic heterocycles. The molecule has 0 saturated carbocycles. The summed E-state index contributed by atoms with van der Waals surface area (Å²) in [4.78, 5) is 16.4. The number of carbonyl (C=O) groups is 1. The van der Waals surface area contributed by atoms with Gasteiger partial charge in [-0.1, -0.05) is 47.5 Å². The Bertz CT molecular complexity index is 738. The molecule has 2 aromatic carbocycles. The minimum absolute atomic E-state index is 0.145. The van der Waals surface area contributed by atoms with E-state index in [1.54, 1.807) is 18.2 Å². The second kappa shape index (κ2) is 5.60. The van der Waals surface area contributed by atoms with Crippen LogP contribution < -0.4 is 5.73 Å². The van der Waals surface area contributed by atoms with Gasteiger partial charge in [0, 0.05) is 27.6 Å². The van der Waals surface area contributed by atoms with E-state index in [0.29, 0.717) is 15.8 Å². The Morgan fingerprint density at radius 3 is 2.52 bits per heavy atom. The van der Waals surface area contributed by atoms with Crippen LogP contribution in [0.25, 0.3) is 0 Å². The predicted octanol–water partition coefficient (Wildman–Crippen LogP) is 3.24. The van der Waals surface area contributed by atoms with Crippen LogP contribution in [0.4, 0.5) is 0 Å². The number of Topliss-reactive ketones (excluding diaryl/α,β-unsaturated/α-hetero) is 1. The molecular weight excluding hydrogens is 307 g/mol. The van der Waals surface area contributed by atoms with E-state index in [2.05, 4.69) is 4.99 Å². The summed E-state index contributed by atoms with van der Waals surface area (Å²) in [6.45, 7) is 0. The first-order chi connectivity index (χ1) is 10.1. The molecule has 0 radical (unpaired) electrons. The fraction of sp³-hybridized carbons (Fsp3) is 0.125. The third kappa shape index (κ3) is 2.72. The number of ketones is 1. The first-order valence-electron chi connectivity index (χ1n) is 6.46. The lowest BCUT2D eigenvalue weighted by molar-refractivity contribution is -0.119. The quantitative estimate of drug-likeness (QED) is 0.877. The largest absolute Gasteiger partial charge is 0.303 e. The van der Waals surface area contributed by atoms with Gasteiger partial charge < -0.3 is 5.73 Å². The number of nitrogens with two attached hydrogens (primary N) is 1. The molecule has 3 nitrogen and oxygen atoms in total. The third-order valence-corrected chi connectivity index (χ3v) is 4.05. The Morgan fingerprint density at radius 1 is 1.10 bits per heavy atom. The van der Waals surface area contributed by atoms with Crippen LogP contribution >= 0.6 is 23.2 Å². The number of aliphatic imine (C=N–C) groups is 1. The monoisotopic (exact) mass is 318 g/mol. The molecule has 21 heavy (non-hydrogen) atoms. The first kappa shape index (κ1) is 14.3. The van der Waals surface area contributed by atoms with Gasteiger partial charge in [-0.3, -0.25) is 9.79 Å². The van der Waals surface area contributed by atoms with Gasteiger partial charge in [-0.2, -0.15) is 0 Å². The molecule has 1 heterocycles. The summed E-state index contributed by atoms with van der Waals surface area (Å²) in [5, 5.41) is 1.19. The minimum Gasteiger partial charge on any atom is -0.303 e. The van der Waals surface area contributed by atoms with Crippen molar-refractivity contribution in [2.24, 2.45) is 10.7 Å². The van der Waals surface area contributed by atoms with E-state index < -0.39 is 6.17 Å². The Labute approximate surface area is 132 Å². The van der Waals surface area contributed by atoms with Crippen LogP contribution in [0.1, 0.15) is 16.7 Å². The predicted molar refractivity (Wildman–Crippen MR) is 85.2 cm³/mol. The normalized spacial score (nSPS) is 18.0. The average molecular weight is 319 g/mol. The van der Waals surface area contributed by atoms with Crippen molar-refractivity contribution in [3.05, 3.63) is 69.2 Å². The number of nitrogens with zero attached hydrogens (tertiary/aromatic N) is 1. The van der Waals surface area contributed by atoms with Crippen LogP contribution in [0.5, 0.6) is 0 Å². The van der Waals surface area contributed by atoms with Gasteiger partial charge in [0.2, 0.25) is 0 Å². The zero-order valence-electron chi connectivity index (χ0n) is 11.0. The van der Waals surface area contributed by atoms with Crippen molar-refractivity contribution in [1.82, 2.24) is 0 Å². The van der Waals surface area contributed by atoms with Gasteiger partial charge >= 0.3 is 0 Å². The maximum atomic E-state index is 12.0. The van der Waals surface area contributed by atoms with Gasteiger partial charge in [0.05, 0.1) is 5.71 Å². The zero-order valence-corrected chi connectivity index (χ0v) is 12.5. The van der Waals surface area contributed by atoms with E-state index in [4.69, 9.17) is 28.9 Å². The van der Waals surface area contributed by atoms with E-state index in [1.807, 2.05) is 24.3 Å². The highest BCUT2D eigenvalue weighted by Gasteiger charge is 2.24. The summed E-state index contributed by atoms with van der Waals surface area (Å²) in [5.41, 5.74) is 8.99. The highest BCUT2D eigenvalue weighted by atomic mass is 35.5. The summed E-state index contributed by atoms with van der Waals surface area (Å²) in [5.74, 6) is -0.145. The lowest BCUT2D eigenvalue weighted by atomic mass is 9.96. The summed E-state index contributed by atoms with van der Waals surface area (Å²) in [6.07, 6.45) is -0.685. The van der Waals surface area contributed by atoms with Gasteiger partial charge in [0.1, 0.15) is 0 Å². The Balaban J connectivity index is 2.22. The number of carbonyl (C=O) groups excluding carboxylic acids is 1. The maximum absolute atomic E-state index is 12.0. The Hall–Kier alpha value is -1.68. The highest BCUT2D eigenvalue weighted by Crippen LogP contribution is 2.27. The van der Waals surface area contributed by atoms with E-state index >= 15 is 0 Å². The fourth-order valence-corrected chi connectivity index (χ4v) is 2.72. The van der Waals surface area contributed by atoms with Crippen molar-refractivity contribution in [3.8, 4) is 0 Å². The molecule has 0 fully saturated rings. The van der Waals surface area contributed by atoms with Crippen LogP contribution in [0.2, 0.25) is 10.0 Å². The molecule has 0 bridgehead atoms. The van der Waals surface area contributed by atoms with Crippen LogP contribution in [0.3, 0.4) is 0 Å². The molecule has 0 aliphatic carbocycles. The summed E-state index contributed by atoms with van der Waals surface area (Å²) in [6, 6.07) is 12.8. The van der Waals surface area contributed by atoms with Gasteiger partial charge in [-0.25, -0.2) is 0 Å².